The lowest BCUT2D eigenvalue weighted by molar-refractivity contribution is -0.157. The maximum Gasteiger partial charge on any atom is 0.313 e. The second-order valence-electron chi connectivity index (χ2n) is 10.1. The lowest BCUT2D eigenvalue weighted by atomic mass is 9.98. The molecule has 3 aromatic carbocycles. The summed E-state index contributed by atoms with van der Waals surface area (Å²) in [6, 6.07) is 20.0. The predicted octanol–water partition coefficient (Wildman–Crippen LogP) is 7.00. The standard InChI is InChI=1S/C30H31F2N3O2/c1-30(2,3)29(36)37-20-35-19-33-28(34-35)23-14-9-13-22(16-23)24-17-26(31)25(27(32)18-24)15-8-7-12-21-10-5-4-6-11-21/h4-6,9-11,13-14,16-19H,7-8,12,15,20H2,1-3H3. The van der Waals surface area contributed by atoms with E-state index in [0.29, 0.717) is 35.4 Å². The fraction of sp³-hybridized carbons (Fsp3) is 0.300. The summed E-state index contributed by atoms with van der Waals surface area (Å²) in [5.74, 6) is -0.994. The van der Waals surface area contributed by atoms with Crippen molar-refractivity contribution in [1.82, 2.24) is 14.8 Å². The van der Waals surface area contributed by atoms with Crippen molar-refractivity contribution in [3.63, 3.8) is 0 Å². The normalized spacial score (nSPS) is 11.5. The number of benzene rings is 3. The van der Waals surface area contributed by atoms with Gasteiger partial charge in [-0.1, -0.05) is 48.5 Å². The Hall–Kier alpha value is -3.87. The van der Waals surface area contributed by atoms with E-state index in [1.165, 1.54) is 28.7 Å². The Bertz CT molecular complexity index is 1340. The zero-order valence-electron chi connectivity index (χ0n) is 21.4. The van der Waals surface area contributed by atoms with Gasteiger partial charge in [-0.3, -0.25) is 4.79 Å². The highest BCUT2D eigenvalue weighted by Crippen LogP contribution is 2.28. The minimum absolute atomic E-state index is 0.0496. The molecule has 0 spiro atoms. The van der Waals surface area contributed by atoms with Gasteiger partial charge in [0.25, 0.3) is 0 Å². The Labute approximate surface area is 216 Å². The maximum atomic E-state index is 14.9. The van der Waals surface area contributed by atoms with Crippen LogP contribution < -0.4 is 0 Å². The number of rotatable bonds is 9. The van der Waals surface area contributed by atoms with Crippen LogP contribution in [0.25, 0.3) is 22.5 Å². The summed E-state index contributed by atoms with van der Waals surface area (Å²) in [5, 5.41) is 4.36. The Morgan fingerprint density at radius 1 is 0.865 bits per heavy atom. The summed E-state index contributed by atoms with van der Waals surface area (Å²) >= 11 is 0. The molecule has 4 rings (SSSR count). The highest BCUT2D eigenvalue weighted by Gasteiger charge is 2.23. The van der Waals surface area contributed by atoms with E-state index in [0.717, 1.165) is 12.8 Å². The van der Waals surface area contributed by atoms with E-state index in [9.17, 15) is 13.6 Å². The molecule has 1 aromatic heterocycles. The van der Waals surface area contributed by atoms with Crippen LogP contribution in [0.1, 0.15) is 44.7 Å². The first kappa shape index (κ1) is 26.2. The molecule has 192 valence electrons. The van der Waals surface area contributed by atoms with Crippen LogP contribution in [-0.4, -0.2) is 20.7 Å². The van der Waals surface area contributed by atoms with E-state index in [-0.39, 0.29) is 18.3 Å². The molecule has 4 aromatic rings. The Morgan fingerprint density at radius 2 is 1.54 bits per heavy atom. The van der Waals surface area contributed by atoms with E-state index < -0.39 is 17.0 Å². The SMILES string of the molecule is CC(C)(C)C(=O)OCn1cnc(-c2cccc(-c3cc(F)c(CCCCc4ccccc4)c(F)c3)c2)n1. The molecule has 0 aliphatic heterocycles. The van der Waals surface area contributed by atoms with Gasteiger partial charge in [-0.15, -0.1) is 5.10 Å². The number of carbonyl (C=O) groups is 1. The Kier molecular flexibility index (Phi) is 8.11. The fourth-order valence-corrected chi connectivity index (χ4v) is 3.95. The first-order chi connectivity index (χ1) is 17.7. The van der Waals surface area contributed by atoms with E-state index >= 15 is 0 Å². The third kappa shape index (κ3) is 6.88. The monoisotopic (exact) mass is 503 g/mol. The number of unbranched alkanes of at least 4 members (excludes halogenated alkanes) is 1. The zero-order valence-corrected chi connectivity index (χ0v) is 21.4. The van der Waals surface area contributed by atoms with Crippen LogP contribution in [0.4, 0.5) is 8.78 Å². The minimum Gasteiger partial charge on any atom is -0.442 e. The van der Waals surface area contributed by atoms with Gasteiger partial charge in [-0.25, -0.2) is 18.4 Å². The number of ether oxygens (including phenoxy) is 1. The molecule has 0 amide bonds. The van der Waals surface area contributed by atoms with Crippen molar-refractivity contribution in [2.75, 3.05) is 0 Å². The first-order valence-electron chi connectivity index (χ1n) is 12.4. The lowest BCUT2D eigenvalue weighted by Gasteiger charge is -2.16. The molecule has 5 nitrogen and oxygen atoms in total. The molecule has 0 N–H and O–H groups in total. The summed E-state index contributed by atoms with van der Waals surface area (Å²) in [5.41, 5.74) is 2.52. The number of esters is 1. The predicted molar refractivity (Wildman–Crippen MR) is 139 cm³/mol. The maximum absolute atomic E-state index is 14.9. The molecule has 0 saturated heterocycles. The van der Waals surface area contributed by atoms with Gasteiger partial charge in [0.1, 0.15) is 18.0 Å². The molecule has 0 aliphatic rings. The van der Waals surface area contributed by atoms with E-state index in [2.05, 4.69) is 22.2 Å². The van der Waals surface area contributed by atoms with Crippen molar-refractivity contribution in [2.24, 2.45) is 5.41 Å². The Balaban J connectivity index is 1.42. The molecule has 0 atom stereocenters. The average molecular weight is 504 g/mol. The Morgan fingerprint density at radius 3 is 2.24 bits per heavy atom. The largest absolute Gasteiger partial charge is 0.442 e. The zero-order chi connectivity index (χ0) is 26.4. The molecule has 0 bridgehead atoms. The van der Waals surface area contributed by atoms with Gasteiger partial charge in [-0.2, -0.15) is 0 Å². The number of nitrogens with zero attached hydrogens (tertiary/aromatic N) is 3. The number of carbonyl (C=O) groups excluding carboxylic acids is 1. The molecule has 0 radical (unpaired) electrons. The van der Waals surface area contributed by atoms with Crippen molar-refractivity contribution in [3.05, 3.63) is 95.8 Å². The van der Waals surface area contributed by atoms with Crippen molar-refractivity contribution < 1.29 is 18.3 Å². The summed E-state index contributed by atoms with van der Waals surface area (Å²) in [6.07, 6.45) is 4.28. The quantitative estimate of drug-likeness (QED) is 0.182. The topological polar surface area (TPSA) is 57.0 Å². The third-order valence-corrected chi connectivity index (χ3v) is 6.06. The van der Waals surface area contributed by atoms with Crippen LogP contribution in [0.15, 0.2) is 73.1 Å². The van der Waals surface area contributed by atoms with Gasteiger partial charge < -0.3 is 4.74 Å². The van der Waals surface area contributed by atoms with Gasteiger partial charge in [0.2, 0.25) is 0 Å². The van der Waals surface area contributed by atoms with Gasteiger partial charge >= 0.3 is 5.97 Å². The molecular formula is C30H31F2N3O2. The van der Waals surface area contributed by atoms with Gasteiger partial charge in [0.15, 0.2) is 12.6 Å². The molecule has 0 aliphatic carbocycles. The number of aryl methyl sites for hydroxylation is 1. The van der Waals surface area contributed by atoms with Crippen molar-refractivity contribution in [2.45, 2.75) is 53.2 Å². The van der Waals surface area contributed by atoms with Crippen LogP contribution in [0.5, 0.6) is 0 Å². The summed E-state index contributed by atoms with van der Waals surface area (Å²) in [7, 11) is 0. The smallest absolute Gasteiger partial charge is 0.313 e. The minimum atomic E-state index is -0.611. The first-order valence-corrected chi connectivity index (χ1v) is 12.4. The second-order valence-corrected chi connectivity index (χ2v) is 10.1. The second kappa shape index (κ2) is 11.5. The van der Waals surface area contributed by atoms with Crippen LogP contribution in [0, 0.1) is 17.0 Å². The van der Waals surface area contributed by atoms with Gasteiger partial charge in [-0.05, 0) is 81.3 Å². The molecule has 7 heteroatoms. The van der Waals surface area contributed by atoms with Crippen LogP contribution >= 0.6 is 0 Å². The highest BCUT2D eigenvalue weighted by molar-refractivity contribution is 5.75. The summed E-state index contributed by atoms with van der Waals surface area (Å²) in [6.45, 7) is 5.28. The van der Waals surface area contributed by atoms with Crippen LogP contribution in [0.2, 0.25) is 0 Å². The van der Waals surface area contributed by atoms with E-state index in [4.69, 9.17) is 4.74 Å². The fourth-order valence-electron chi connectivity index (χ4n) is 3.95. The van der Waals surface area contributed by atoms with Gasteiger partial charge in [0.05, 0.1) is 5.41 Å². The van der Waals surface area contributed by atoms with Gasteiger partial charge in [0, 0.05) is 11.1 Å². The lowest BCUT2D eigenvalue weighted by Crippen LogP contribution is -2.24. The van der Waals surface area contributed by atoms with E-state index in [1.54, 1.807) is 39.0 Å². The molecule has 0 saturated carbocycles. The number of hydrogen-bond donors (Lipinski definition) is 0. The molecule has 1 heterocycles. The van der Waals surface area contributed by atoms with Crippen molar-refractivity contribution in [3.8, 4) is 22.5 Å². The summed E-state index contributed by atoms with van der Waals surface area (Å²) < 4.78 is 36.5. The number of aromatic nitrogens is 3. The summed E-state index contributed by atoms with van der Waals surface area (Å²) in [4.78, 5) is 16.3. The van der Waals surface area contributed by atoms with Crippen molar-refractivity contribution >= 4 is 5.97 Å². The molecule has 37 heavy (non-hydrogen) atoms. The molecule has 0 unspecified atom stereocenters. The molecule has 0 fully saturated rings. The number of hydrogen-bond acceptors (Lipinski definition) is 4. The molecular weight excluding hydrogens is 472 g/mol. The average Bonchev–Trinajstić information content (AvgIpc) is 3.35. The van der Waals surface area contributed by atoms with Crippen molar-refractivity contribution in [1.29, 1.82) is 0 Å². The van der Waals surface area contributed by atoms with Crippen LogP contribution in [0.3, 0.4) is 0 Å². The highest BCUT2D eigenvalue weighted by atomic mass is 19.1. The third-order valence-electron chi connectivity index (χ3n) is 6.06. The van der Waals surface area contributed by atoms with E-state index in [1.807, 2.05) is 24.3 Å². The number of halogens is 2. The van der Waals surface area contributed by atoms with Crippen LogP contribution in [-0.2, 0) is 29.1 Å².